The molecular weight excluding hydrogens is 259 g/mol. The maximum atomic E-state index is 9.31. The number of pyridine rings is 1. The van der Waals surface area contributed by atoms with Crippen LogP contribution in [0, 0.1) is 25.2 Å². The van der Waals surface area contributed by atoms with Crippen LogP contribution in [-0.2, 0) is 4.65 Å². The second-order valence-electron chi connectivity index (χ2n) is 3.83. The summed E-state index contributed by atoms with van der Waals surface area (Å²) in [5.74, 6) is 0.185. The Balaban J connectivity index is 2.60. The first kappa shape index (κ1) is 13.2. The molecule has 2 heterocycles. The van der Waals surface area contributed by atoms with Crippen molar-refractivity contribution in [1.82, 2.24) is 14.6 Å². The lowest BCUT2D eigenvalue weighted by Gasteiger charge is -2.08. The number of aromatic nitrogens is 3. The molecule has 2 aromatic rings. The zero-order valence-corrected chi connectivity index (χ0v) is 11.2. The molecule has 0 aliphatic heterocycles. The van der Waals surface area contributed by atoms with Gasteiger partial charge in [-0.2, -0.15) is 5.26 Å². The number of hydrogen-bond acceptors (Lipinski definition) is 6. The van der Waals surface area contributed by atoms with Crippen molar-refractivity contribution in [3.63, 3.8) is 0 Å². The van der Waals surface area contributed by atoms with Gasteiger partial charge in [0.15, 0.2) is 0 Å². The summed E-state index contributed by atoms with van der Waals surface area (Å²) in [6.45, 7) is 3.75. The van der Waals surface area contributed by atoms with E-state index in [-0.39, 0.29) is 11.3 Å². The van der Waals surface area contributed by atoms with E-state index in [1.54, 1.807) is 12.3 Å². The summed E-state index contributed by atoms with van der Waals surface area (Å²) < 4.78 is 8.64. The van der Waals surface area contributed by atoms with E-state index in [1.807, 2.05) is 19.9 Å². The fourth-order valence-corrected chi connectivity index (χ4v) is 1.98. The molecule has 0 bridgehead atoms. The highest BCUT2D eigenvalue weighted by atomic mass is 32.1. The van der Waals surface area contributed by atoms with Crippen molar-refractivity contribution in [3.8, 4) is 6.07 Å². The van der Waals surface area contributed by atoms with Crippen LogP contribution in [-0.4, -0.2) is 22.6 Å². The maximum absolute atomic E-state index is 9.31. The Kier molecular flexibility index (Phi) is 3.92. The Morgan fingerprint density at radius 2 is 2.21 bits per heavy atom. The van der Waals surface area contributed by atoms with Gasteiger partial charge in [0, 0.05) is 6.20 Å². The summed E-state index contributed by atoms with van der Waals surface area (Å²) in [6, 6.07) is 5.65. The van der Waals surface area contributed by atoms with Crippen LogP contribution in [0.5, 0.6) is 0 Å². The minimum Gasteiger partial charge on any atom is -0.565 e. The zero-order valence-electron chi connectivity index (χ0n) is 10.4. The summed E-state index contributed by atoms with van der Waals surface area (Å²) in [5, 5.41) is 13.2. The van der Waals surface area contributed by atoms with Crippen LogP contribution in [0.15, 0.2) is 18.3 Å². The lowest BCUT2D eigenvalue weighted by atomic mass is 10.1. The van der Waals surface area contributed by atoms with Crippen molar-refractivity contribution < 1.29 is 4.65 Å². The first-order valence-electron chi connectivity index (χ1n) is 5.40. The highest BCUT2D eigenvalue weighted by Crippen LogP contribution is 2.27. The molecule has 0 saturated heterocycles. The summed E-state index contributed by atoms with van der Waals surface area (Å²) in [6.07, 6.45) is 1.67. The van der Waals surface area contributed by atoms with E-state index in [0.29, 0.717) is 11.4 Å². The standard InChI is InChI=1S/C12H9BN4OS/c1-7-3-4-10(15-6-7)9(5-14)12(18-13)11-8(2)19-17-16-11/h3-4,6H,1-2H3. The van der Waals surface area contributed by atoms with Gasteiger partial charge in [0.05, 0.1) is 10.6 Å². The molecule has 19 heavy (non-hydrogen) atoms. The van der Waals surface area contributed by atoms with E-state index in [0.717, 1.165) is 10.4 Å². The monoisotopic (exact) mass is 268 g/mol. The number of nitrogens with zero attached hydrogens (tertiary/aromatic N) is 4. The van der Waals surface area contributed by atoms with Crippen LogP contribution < -0.4 is 0 Å². The Bertz CT molecular complexity index is 657. The minimum atomic E-state index is 0.185. The van der Waals surface area contributed by atoms with E-state index in [1.165, 1.54) is 11.5 Å². The molecule has 0 aromatic carbocycles. The molecule has 0 amide bonds. The number of aryl methyl sites for hydroxylation is 2. The highest BCUT2D eigenvalue weighted by molar-refractivity contribution is 7.05. The molecule has 0 aliphatic carbocycles. The Hall–Kier alpha value is -2.20. The smallest absolute Gasteiger partial charge is 0.374 e. The lowest BCUT2D eigenvalue weighted by molar-refractivity contribution is 0.569. The Morgan fingerprint density at radius 3 is 2.68 bits per heavy atom. The van der Waals surface area contributed by atoms with Crippen LogP contribution in [0.3, 0.4) is 0 Å². The lowest BCUT2D eigenvalue weighted by Crippen LogP contribution is -1.98. The molecular formula is C12H9BN4OS. The fraction of sp³-hybridized carbons (Fsp3) is 0.167. The van der Waals surface area contributed by atoms with Crippen molar-refractivity contribution >= 4 is 30.9 Å². The third-order valence-electron chi connectivity index (χ3n) is 2.49. The molecule has 2 radical (unpaired) electrons. The van der Waals surface area contributed by atoms with Gasteiger partial charge in [0.2, 0.25) is 0 Å². The number of rotatable bonds is 3. The molecule has 0 atom stereocenters. The minimum absolute atomic E-state index is 0.185. The first-order valence-corrected chi connectivity index (χ1v) is 6.18. The van der Waals surface area contributed by atoms with Gasteiger partial charge in [-0.05, 0) is 37.0 Å². The van der Waals surface area contributed by atoms with Crippen molar-refractivity contribution in [3.05, 3.63) is 40.2 Å². The van der Waals surface area contributed by atoms with Crippen molar-refractivity contribution in [2.24, 2.45) is 0 Å². The van der Waals surface area contributed by atoms with Crippen molar-refractivity contribution in [2.45, 2.75) is 13.8 Å². The third kappa shape index (κ3) is 2.64. The topological polar surface area (TPSA) is 71.7 Å². The molecule has 0 unspecified atom stereocenters. The molecule has 0 spiro atoms. The summed E-state index contributed by atoms with van der Waals surface area (Å²) >= 11 is 1.21. The van der Waals surface area contributed by atoms with Gasteiger partial charge in [0.25, 0.3) is 0 Å². The first-order chi connectivity index (χ1) is 9.17. The molecule has 92 valence electrons. The van der Waals surface area contributed by atoms with Gasteiger partial charge in [-0.15, -0.1) is 5.10 Å². The largest absolute Gasteiger partial charge is 0.565 e. The average Bonchev–Trinajstić information content (AvgIpc) is 2.83. The van der Waals surface area contributed by atoms with Gasteiger partial charge < -0.3 is 4.65 Å². The normalized spacial score (nSPS) is 11.6. The molecule has 7 heteroatoms. The molecule has 0 saturated carbocycles. The highest BCUT2D eigenvalue weighted by Gasteiger charge is 2.17. The molecule has 0 aliphatic rings. The fourth-order valence-electron chi connectivity index (χ4n) is 1.51. The molecule has 2 rings (SSSR count). The van der Waals surface area contributed by atoms with Crippen LogP contribution in [0.25, 0.3) is 11.3 Å². The zero-order chi connectivity index (χ0) is 13.8. The molecule has 2 aromatic heterocycles. The number of allylic oxidation sites excluding steroid dienone is 1. The van der Waals surface area contributed by atoms with Crippen LogP contribution in [0.2, 0.25) is 0 Å². The second-order valence-corrected chi connectivity index (χ2v) is 4.79. The third-order valence-corrected chi connectivity index (χ3v) is 3.12. The van der Waals surface area contributed by atoms with Gasteiger partial charge in [-0.1, -0.05) is 10.6 Å². The van der Waals surface area contributed by atoms with E-state index in [9.17, 15) is 5.26 Å². The average molecular weight is 268 g/mol. The maximum Gasteiger partial charge on any atom is 0.374 e. The molecule has 0 fully saturated rings. The van der Waals surface area contributed by atoms with E-state index >= 15 is 0 Å². The molecule has 5 nitrogen and oxygen atoms in total. The van der Waals surface area contributed by atoms with Crippen molar-refractivity contribution in [2.75, 3.05) is 0 Å². The Morgan fingerprint density at radius 1 is 1.42 bits per heavy atom. The second kappa shape index (κ2) is 5.63. The van der Waals surface area contributed by atoms with E-state index in [2.05, 4.69) is 20.6 Å². The Labute approximate surface area is 116 Å². The SMILES string of the molecule is [B]OC(=C(C#N)c1ccc(C)cn1)c1nnsc1C. The van der Waals surface area contributed by atoms with Gasteiger partial charge >= 0.3 is 8.05 Å². The number of nitriles is 1. The summed E-state index contributed by atoms with van der Waals surface area (Å²) in [5.41, 5.74) is 2.19. The van der Waals surface area contributed by atoms with Crippen LogP contribution >= 0.6 is 11.5 Å². The van der Waals surface area contributed by atoms with Crippen molar-refractivity contribution in [1.29, 1.82) is 5.26 Å². The molecule has 0 N–H and O–H groups in total. The van der Waals surface area contributed by atoms with Crippen LogP contribution in [0.4, 0.5) is 0 Å². The van der Waals surface area contributed by atoms with Crippen LogP contribution in [0.1, 0.15) is 21.8 Å². The predicted molar refractivity (Wildman–Crippen MR) is 72.9 cm³/mol. The van der Waals surface area contributed by atoms with Gasteiger partial charge in [-0.3, -0.25) is 4.98 Å². The van der Waals surface area contributed by atoms with Gasteiger partial charge in [-0.25, -0.2) is 0 Å². The van der Waals surface area contributed by atoms with Gasteiger partial charge in [0.1, 0.15) is 23.1 Å². The van der Waals surface area contributed by atoms with E-state index < -0.39 is 0 Å². The summed E-state index contributed by atoms with van der Waals surface area (Å²) in [4.78, 5) is 5.02. The quantitative estimate of drug-likeness (QED) is 0.484. The van der Waals surface area contributed by atoms with E-state index in [4.69, 9.17) is 12.7 Å². The number of hydrogen-bond donors (Lipinski definition) is 0. The predicted octanol–water partition coefficient (Wildman–Crippen LogP) is 2.04. The summed E-state index contributed by atoms with van der Waals surface area (Å²) in [7, 11) is 5.28.